The van der Waals surface area contributed by atoms with E-state index in [1.54, 1.807) is 4.52 Å². The highest BCUT2D eigenvalue weighted by Crippen LogP contribution is 2.24. The van der Waals surface area contributed by atoms with Gasteiger partial charge in [-0.2, -0.15) is 10.1 Å². The van der Waals surface area contributed by atoms with Crippen molar-refractivity contribution in [3.8, 4) is 0 Å². The van der Waals surface area contributed by atoms with Crippen molar-refractivity contribution >= 4 is 11.7 Å². The molecule has 2 aromatic heterocycles. The predicted molar refractivity (Wildman–Crippen MR) is 88.1 cm³/mol. The number of carbonyl (C=O) groups excluding carboxylic acids is 1. The number of hydrogen-bond donors (Lipinski definition) is 1. The fraction of sp³-hybridized carbons (Fsp3) is 0.647. The van der Waals surface area contributed by atoms with Crippen LogP contribution in [-0.2, 0) is 11.2 Å². The molecule has 0 saturated heterocycles. The third-order valence-corrected chi connectivity index (χ3v) is 5.05. The Balaban J connectivity index is 1.64. The molecule has 1 amide bonds. The molecule has 0 unspecified atom stereocenters. The molecule has 0 aliphatic heterocycles. The van der Waals surface area contributed by atoms with Crippen molar-refractivity contribution in [1.29, 1.82) is 0 Å². The first-order valence-electron chi connectivity index (χ1n) is 8.51. The van der Waals surface area contributed by atoms with Gasteiger partial charge in [0.2, 0.25) is 5.91 Å². The summed E-state index contributed by atoms with van der Waals surface area (Å²) in [6, 6.07) is 0.342. The second kappa shape index (κ2) is 6.64. The SMILES string of the molecule is Cc1nc2ncnn2c(C)c1CCC(=O)N[C@H]1CCCC[C@@H]1C. The fourth-order valence-corrected chi connectivity index (χ4v) is 3.57. The predicted octanol–water partition coefficient (Wildman–Crippen LogP) is 2.37. The molecule has 0 radical (unpaired) electrons. The van der Waals surface area contributed by atoms with Gasteiger partial charge in [0.25, 0.3) is 5.78 Å². The third kappa shape index (κ3) is 3.35. The van der Waals surface area contributed by atoms with Gasteiger partial charge in [0.1, 0.15) is 6.33 Å². The quantitative estimate of drug-likeness (QED) is 0.940. The van der Waals surface area contributed by atoms with E-state index in [-0.39, 0.29) is 5.91 Å². The topological polar surface area (TPSA) is 72.2 Å². The molecule has 124 valence electrons. The van der Waals surface area contributed by atoms with E-state index in [0.717, 1.165) is 23.4 Å². The van der Waals surface area contributed by atoms with Crippen molar-refractivity contribution < 1.29 is 4.79 Å². The van der Waals surface area contributed by atoms with Crippen LogP contribution in [0.2, 0.25) is 0 Å². The lowest BCUT2D eigenvalue weighted by molar-refractivity contribution is -0.122. The van der Waals surface area contributed by atoms with Gasteiger partial charge in [0.15, 0.2) is 0 Å². The standard InChI is InChI=1S/C17H25N5O/c1-11-6-4-5-7-15(11)21-16(23)9-8-14-12(2)20-17-18-10-19-22(17)13(14)3/h10-11,15H,4-9H2,1-3H3,(H,21,23)/t11-,15-/m0/s1. The van der Waals surface area contributed by atoms with Crippen molar-refractivity contribution in [3.05, 3.63) is 23.3 Å². The van der Waals surface area contributed by atoms with Crippen LogP contribution in [0.1, 0.15) is 56.0 Å². The zero-order chi connectivity index (χ0) is 16.4. The molecule has 3 rings (SSSR count). The van der Waals surface area contributed by atoms with Gasteiger partial charge in [-0.25, -0.2) is 9.50 Å². The molecule has 1 aliphatic carbocycles. The Hall–Kier alpha value is -1.98. The van der Waals surface area contributed by atoms with E-state index in [9.17, 15) is 4.79 Å². The van der Waals surface area contributed by atoms with Crippen LogP contribution in [-0.4, -0.2) is 31.5 Å². The summed E-state index contributed by atoms with van der Waals surface area (Å²) in [5, 5.41) is 7.41. The highest BCUT2D eigenvalue weighted by molar-refractivity contribution is 5.76. The van der Waals surface area contributed by atoms with E-state index >= 15 is 0 Å². The van der Waals surface area contributed by atoms with Crippen LogP contribution in [0.25, 0.3) is 5.78 Å². The number of amides is 1. The summed E-state index contributed by atoms with van der Waals surface area (Å²) in [7, 11) is 0. The number of nitrogens with zero attached hydrogens (tertiary/aromatic N) is 4. The molecular weight excluding hydrogens is 290 g/mol. The van der Waals surface area contributed by atoms with Crippen LogP contribution in [0.4, 0.5) is 0 Å². The van der Waals surface area contributed by atoms with E-state index in [1.165, 1.54) is 25.6 Å². The maximum absolute atomic E-state index is 12.3. The Morgan fingerprint density at radius 3 is 2.91 bits per heavy atom. The Morgan fingerprint density at radius 2 is 2.13 bits per heavy atom. The first-order chi connectivity index (χ1) is 11.1. The smallest absolute Gasteiger partial charge is 0.252 e. The van der Waals surface area contributed by atoms with Crippen molar-refractivity contribution in [2.75, 3.05) is 0 Å². The lowest BCUT2D eigenvalue weighted by Gasteiger charge is -2.29. The van der Waals surface area contributed by atoms with Crippen LogP contribution in [0, 0.1) is 19.8 Å². The Morgan fingerprint density at radius 1 is 1.35 bits per heavy atom. The summed E-state index contributed by atoms with van der Waals surface area (Å²) in [6.07, 6.45) is 7.53. The second-order valence-electron chi connectivity index (χ2n) is 6.67. The molecular formula is C17H25N5O. The molecule has 1 aliphatic rings. The monoisotopic (exact) mass is 315 g/mol. The number of nitrogens with one attached hydrogen (secondary N) is 1. The van der Waals surface area contributed by atoms with Crippen LogP contribution >= 0.6 is 0 Å². The molecule has 1 fully saturated rings. The molecule has 1 N–H and O–H groups in total. The van der Waals surface area contributed by atoms with Crippen LogP contribution in [0.15, 0.2) is 6.33 Å². The van der Waals surface area contributed by atoms with E-state index in [4.69, 9.17) is 0 Å². The van der Waals surface area contributed by atoms with Gasteiger partial charge in [-0.15, -0.1) is 0 Å². The molecule has 0 aromatic carbocycles. The molecule has 1 saturated carbocycles. The lowest BCUT2D eigenvalue weighted by atomic mass is 9.86. The number of rotatable bonds is 4. The minimum Gasteiger partial charge on any atom is -0.353 e. The zero-order valence-electron chi connectivity index (χ0n) is 14.2. The van der Waals surface area contributed by atoms with Crippen molar-refractivity contribution in [3.63, 3.8) is 0 Å². The van der Waals surface area contributed by atoms with Gasteiger partial charge in [-0.05, 0) is 44.6 Å². The molecule has 0 spiro atoms. The Kier molecular flexibility index (Phi) is 4.59. The highest BCUT2D eigenvalue weighted by atomic mass is 16.1. The minimum atomic E-state index is 0.140. The van der Waals surface area contributed by atoms with Gasteiger partial charge in [-0.1, -0.05) is 19.8 Å². The molecule has 6 heteroatoms. The largest absolute Gasteiger partial charge is 0.353 e. The Bertz CT molecular complexity index is 708. The molecule has 2 atom stereocenters. The maximum atomic E-state index is 12.3. The van der Waals surface area contributed by atoms with Crippen LogP contribution < -0.4 is 5.32 Å². The van der Waals surface area contributed by atoms with Gasteiger partial charge in [-0.3, -0.25) is 4.79 Å². The number of fused-ring (bicyclic) bond motifs is 1. The van der Waals surface area contributed by atoms with E-state index in [0.29, 0.717) is 30.6 Å². The first-order valence-corrected chi connectivity index (χ1v) is 8.51. The number of aromatic nitrogens is 4. The summed E-state index contributed by atoms with van der Waals surface area (Å²) in [6.45, 7) is 6.21. The highest BCUT2D eigenvalue weighted by Gasteiger charge is 2.22. The number of hydrogen-bond acceptors (Lipinski definition) is 4. The fourth-order valence-electron chi connectivity index (χ4n) is 3.57. The van der Waals surface area contributed by atoms with Gasteiger partial charge in [0.05, 0.1) is 0 Å². The number of aryl methyl sites for hydroxylation is 2. The van der Waals surface area contributed by atoms with E-state index in [2.05, 4.69) is 27.3 Å². The van der Waals surface area contributed by atoms with Crippen LogP contribution in [0.3, 0.4) is 0 Å². The molecule has 2 aromatic rings. The minimum absolute atomic E-state index is 0.140. The number of carbonyl (C=O) groups is 1. The van der Waals surface area contributed by atoms with Crippen molar-refractivity contribution in [2.45, 2.75) is 65.3 Å². The van der Waals surface area contributed by atoms with Crippen LogP contribution in [0.5, 0.6) is 0 Å². The lowest BCUT2D eigenvalue weighted by Crippen LogP contribution is -2.41. The normalized spacial score (nSPS) is 21.5. The van der Waals surface area contributed by atoms with Gasteiger partial charge < -0.3 is 5.32 Å². The average molecular weight is 315 g/mol. The van der Waals surface area contributed by atoms with Crippen molar-refractivity contribution in [2.24, 2.45) is 5.92 Å². The summed E-state index contributed by atoms with van der Waals surface area (Å²) < 4.78 is 1.74. The van der Waals surface area contributed by atoms with Crippen molar-refractivity contribution in [1.82, 2.24) is 24.9 Å². The van der Waals surface area contributed by atoms with E-state index in [1.807, 2.05) is 13.8 Å². The van der Waals surface area contributed by atoms with Gasteiger partial charge >= 0.3 is 0 Å². The summed E-state index contributed by atoms with van der Waals surface area (Å²) in [4.78, 5) is 20.9. The summed E-state index contributed by atoms with van der Waals surface area (Å²) >= 11 is 0. The van der Waals surface area contributed by atoms with Gasteiger partial charge in [0, 0.05) is 23.9 Å². The first kappa shape index (κ1) is 15.9. The average Bonchev–Trinajstić information content (AvgIpc) is 2.98. The summed E-state index contributed by atoms with van der Waals surface area (Å²) in [5.41, 5.74) is 3.04. The Labute approximate surface area is 136 Å². The van der Waals surface area contributed by atoms with E-state index < -0.39 is 0 Å². The third-order valence-electron chi connectivity index (χ3n) is 5.05. The molecule has 2 heterocycles. The molecule has 6 nitrogen and oxygen atoms in total. The second-order valence-corrected chi connectivity index (χ2v) is 6.67. The molecule has 23 heavy (non-hydrogen) atoms. The maximum Gasteiger partial charge on any atom is 0.252 e. The summed E-state index contributed by atoms with van der Waals surface area (Å²) in [5.74, 6) is 1.34. The zero-order valence-corrected chi connectivity index (χ0v) is 14.2. The molecule has 0 bridgehead atoms.